The number of nitrogens with one attached hydrogen (secondary N) is 1. The highest BCUT2D eigenvalue weighted by Crippen LogP contribution is 2.33. The molecule has 2 fully saturated rings. The number of hydrogen-bond acceptors (Lipinski definition) is 6. The number of ether oxygens (including phenoxy) is 2. The van der Waals surface area contributed by atoms with Crippen molar-refractivity contribution in [3.63, 3.8) is 0 Å². The molecule has 2 saturated heterocycles. The van der Waals surface area contributed by atoms with E-state index in [2.05, 4.69) is 21.3 Å². The molecule has 1 aromatic heterocycles. The molecule has 0 bridgehead atoms. The minimum Gasteiger partial charge on any atom is -0.371 e. The fraction of sp³-hybridized carbons (Fsp3) is 0.350. The number of rotatable bonds is 3. The maximum absolute atomic E-state index is 12.6. The molecule has 2 aliphatic rings. The molecule has 3 heterocycles. The van der Waals surface area contributed by atoms with Crippen molar-refractivity contribution < 1.29 is 14.3 Å². The number of pyridine rings is 1. The van der Waals surface area contributed by atoms with Gasteiger partial charge >= 0.3 is 0 Å². The van der Waals surface area contributed by atoms with Gasteiger partial charge in [0.05, 0.1) is 24.5 Å². The first-order valence-electron chi connectivity index (χ1n) is 8.99. The summed E-state index contributed by atoms with van der Waals surface area (Å²) in [6.45, 7) is 2.90. The molecule has 7 nitrogen and oxygen atoms in total. The van der Waals surface area contributed by atoms with Crippen LogP contribution in [0.1, 0.15) is 28.9 Å². The van der Waals surface area contributed by atoms with Crippen molar-refractivity contribution in [1.82, 2.24) is 4.98 Å². The van der Waals surface area contributed by atoms with E-state index >= 15 is 0 Å². The Hall–Kier alpha value is -2.95. The monoisotopic (exact) mass is 364 g/mol. The van der Waals surface area contributed by atoms with Crippen LogP contribution in [-0.2, 0) is 9.47 Å². The molecule has 2 aromatic rings. The topological polar surface area (TPSA) is 87.5 Å². The van der Waals surface area contributed by atoms with E-state index in [4.69, 9.17) is 14.7 Å². The quantitative estimate of drug-likeness (QED) is 0.901. The predicted octanol–water partition coefficient (Wildman–Crippen LogP) is 2.55. The van der Waals surface area contributed by atoms with Gasteiger partial charge in [-0.15, -0.1) is 0 Å². The van der Waals surface area contributed by atoms with Gasteiger partial charge in [-0.2, -0.15) is 5.26 Å². The van der Waals surface area contributed by atoms with Gasteiger partial charge in [0.15, 0.2) is 5.79 Å². The minimum atomic E-state index is -0.426. The Bertz CT molecular complexity index is 877. The Kier molecular flexibility index (Phi) is 4.75. The van der Waals surface area contributed by atoms with Gasteiger partial charge in [-0.25, -0.2) is 0 Å². The lowest BCUT2D eigenvalue weighted by Gasteiger charge is -2.38. The van der Waals surface area contributed by atoms with Crippen LogP contribution in [0.25, 0.3) is 0 Å². The summed E-state index contributed by atoms with van der Waals surface area (Å²) in [5.74, 6) is -0.763. The first kappa shape index (κ1) is 17.5. The first-order chi connectivity index (χ1) is 13.2. The normalized spacial score (nSPS) is 18.3. The van der Waals surface area contributed by atoms with Crippen molar-refractivity contribution in [1.29, 1.82) is 5.26 Å². The number of anilines is 2. The van der Waals surface area contributed by atoms with Crippen LogP contribution in [0.15, 0.2) is 42.6 Å². The second kappa shape index (κ2) is 7.35. The molecule has 0 atom stereocenters. The van der Waals surface area contributed by atoms with E-state index in [1.807, 2.05) is 6.07 Å². The molecular formula is C20H20N4O3. The van der Waals surface area contributed by atoms with Crippen LogP contribution in [0, 0.1) is 11.3 Å². The Morgan fingerprint density at radius 2 is 1.93 bits per heavy atom. The standard InChI is InChI=1S/C20H20N4O3/c21-14-15-3-1-2-4-17(15)23-19(25)18-13-16(5-8-22-18)24-9-6-20(7-10-24)26-11-12-27-20/h1-5,8,13H,6-7,9-12H2,(H,23,25). The number of para-hydroxylation sites is 1. The van der Waals surface area contributed by atoms with E-state index < -0.39 is 5.79 Å². The van der Waals surface area contributed by atoms with Crippen molar-refractivity contribution in [3.05, 3.63) is 53.9 Å². The fourth-order valence-corrected chi connectivity index (χ4v) is 3.51. The Morgan fingerprint density at radius 3 is 2.67 bits per heavy atom. The first-order valence-corrected chi connectivity index (χ1v) is 8.99. The molecule has 0 unspecified atom stereocenters. The van der Waals surface area contributed by atoms with Crippen LogP contribution in [0.3, 0.4) is 0 Å². The van der Waals surface area contributed by atoms with Crippen LogP contribution >= 0.6 is 0 Å². The average molecular weight is 364 g/mol. The van der Waals surface area contributed by atoms with E-state index in [0.717, 1.165) is 31.6 Å². The molecule has 1 aromatic carbocycles. The van der Waals surface area contributed by atoms with Gasteiger partial charge in [0.1, 0.15) is 11.8 Å². The van der Waals surface area contributed by atoms with Gasteiger partial charge in [0.2, 0.25) is 0 Å². The van der Waals surface area contributed by atoms with Crippen molar-refractivity contribution in [2.75, 3.05) is 36.5 Å². The number of nitriles is 1. The van der Waals surface area contributed by atoms with E-state index in [0.29, 0.717) is 30.2 Å². The molecule has 1 spiro atoms. The summed E-state index contributed by atoms with van der Waals surface area (Å²) < 4.78 is 11.5. The molecule has 7 heteroatoms. The fourth-order valence-electron chi connectivity index (χ4n) is 3.51. The number of hydrogen-bond donors (Lipinski definition) is 1. The minimum absolute atomic E-state index is 0.314. The summed E-state index contributed by atoms with van der Waals surface area (Å²) in [5, 5.41) is 11.9. The molecule has 1 N–H and O–H groups in total. The number of benzene rings is 1. The SMILES string of the molecule is N#Cc1ccccc1NC(=O)c1cc(N2CCC3(CC2)OCCO3)ccn1. The van der Waals surface area contributed by atoms with Crippen LogP contribution in [0.2, 0.25) is 0 Å². The van der Waals surface area contributed by atoms with Gasteiger partial charge in [-0.05, 0) is 24.3 Å². The lowest BCUT2D eigenvalue weighted by atomic mass is 10.0. The van der Waals surface area contributed by atoms with Crippen LogP contribution in [-0.4, -0.2) is 43.0 Å². The summed E-state index contributed by atoms with van der Waals surface area (Å²) in [6, 6.07) is 12.6. The lowest BCUT2D eigenvalue weighted by molar-refractivity contribution is -0.169. The smallest absolute Gasteiger partial charge is 0.274 e. The van der Waals surface area contributed by atoms with E-state index in [-0.39, 0.29) is 5.91 Å². The summed E-state index contributed by atoms with van der Waals surface area (Å²) in [4.78, 5) is 19.0. The van der Waals surface area contributed by atoms with E-state index in [9.17, 15) is 4.79 Å². The van der Waals surface area contributed by atoms with Gasteiger partial charge in [0, 0.05) is 37.8 Å². The molecule has 0 aliphatic carbocycles. The molecule has 0 saturated carbocycles. The zero-order chi connectivity index (χ0) is 18.7. The number of piperidine rings is 1. The maximum Gasteiger partial charge on any atom is 0.274 e. The van der Waals surface area contributed by atoms with Crippen molar-refractivity contribution in [2.24, 2.45) is 0 Å². The van der Waals surface area contributed by atoms with Gasteiger partial charge in [-0.3, -0.25) is 9.78 Å². The molecular weight excluding hydrogens is 344 g/mol. The summed E-state index contributed by atoms with van der Waals surface area (Å²) in [7, 11) is 0. The second-order valence-corrected chi connectivity index (χ2v) is 6.61. The molecule has 4 rings (SSSR count). The van der Waals surface area contributed by atoms with Crippen LogP contribution < -0.4 is 10.2 Å². The van der Waals surface area contributed by atoms with Crippen molar-refractivity contribution >= 4 is 17.3 Å². The Balaban J connectivity index is 1.46. The number of amides is 1. The van der Waals surface area contributed by atoms with Gasteiger partial charge in [-0.1, -0.05) is 12.1 Å². The lowest BCUT2D eigenvalue weighted by Crippen LogP contribution is -2.45. The van der Waals surface area contributed by atoms with Crippen LogP contribution in [0.5, 0.6) is 0 Å². The van der Waals surface area contributed by atoms with E-state index in [1.54, 1.807) is 36.5 Å². The number of carbonyl (C=O) groups excluding carboxylic acids is 1. The summed E-state index contributed by atoms with van der Waals surface area (Å²) in [5.41, 5.74) is 2.15. The highest BCUT2D eigenvalue weighted by molar-refractivity contribution is 6.04. The van der Waals surface area contributed by atoms with Crippen molar-refractivity contribution in [2.45, 2.75) is 18.6 Å². The van der Waals surface area contributed by atoms with Gasteiger partial charge in [0.25, 0.3) is 5.91 Å². The molecule has 0 radical (unpaired) electrons. The molecule has 27 heavy (non-hydrogen) atoms. The van der Waals surface area contributed by atoms with Crippen LogP contribution in [0.4, 0.5) is 11.4 Å². The number of carbonyl (C=O) groups is 1. The van der Waals surface area contributed by atoms with E-state index in [1.165, 1.54) is 0 Å². The summed E-state index contributed by atoms with van der Waals surface area (Å²) in [6.07, 6.45) is 3.23. The second-order valence-electron chi connectivity index (χ2n) is 6.61. The van der Waals surface area contributed by atoms with Gasteiger partial charge < -0.3 is 19.7 Å². The zero-order valence-electron chi connectivity index (χ0n) is 14.9. The highest BCUT2D eigenvalue weighted by Gasteiger charge is 2.39. The third-order valence-corrected chi connectivity index (χ3v) is 4.98. The maximum atomic E-state index is 12.6. The highest BCUT2D eigenvalue weighted by atomic mass is 16.7. The summed E-state index contributed by atoms with van der Waals surface area (Å²) >= 11 is 0. The molecule has 1 amide bonds. The average Bonchev–Trinajstić information content (AvgIpc) is 3.17. The number of nitrogens with zero attached hydrogens (tertiary/aromatic N) is 3. The third kappa shape index (κ3) is 3.63. The molecule has 138 valence electrons. The predicted molar refractivity (Wildman–Crippen MR) is 99.4 cm³/mol. The third-order valence-electron chi connectivity index (χ3n) is 4.98. The number of aromatic nitrogens is 1. The Labute approximate surface area is 157 Å². The largest absolute Gasteiger partial charge is 0.371 e. The zero-order valence-corrected chi connectivity index (χ0v) is 14.9. The molecule has 2 aliphatic heterocycles. The Morgan fingerprint density at radius 1 is 1.19 bits per heavy atom. The van der Waals surface area contributed by atoms with Crippen molar-refractivity contribution in [3.8, 4) is 6.07 Å².